The Hall–Kier alpha value is -2.93. The number of benzene rings is 1. The van der Waals surface area contributed by atoms with Crippen LogP contribution >= 0.6 is 0 Å². The molecule has 2 aromatic heterocycles. The predicted molar refractivity (Wildman–Crippen MR) is 100 cm³/mol. The number of rotatable bonds is 7. The van der Waals surface area contributed by atoms with Crippen molar-refractivity contribution >= 4 is 17.2 Å². The van der Waals surface area contributed by atoms with Gasteiger partial charge in [-0.05, 0) is 36.4 Å². The molecule has 0 unspecified atom stereocenters. The standard InChI is InChI=1S/C18H23N7/c1-4-24(5-2)23(3)18-14-25(22-21-18)17-10-8-15(9-11-17)20-16-7-6-12-19-13-16/h6-14,20H,4-5H2,1-3H3. The normalized spacial score (nSPS) is 10.9. The molecule has 0 amide bonds. The molecule has 0 saturated carbocycles. The second kappa shape index (κ2) is 7.76. The topological polar surface area (TPSA) is 62.1 Å². The highest BCUT2D eigenvalue weighted by atomic mass is 15.6. The van der Waals surface area contributed by atoms with Crippen LogP contribution in [-0.4, -0.2) is 45.1 Å². The summed E-state index contributed by atoms with van der Waals surface area (Å²) >= 11 is 0. The van der Waals surface area contributed by atoms with Crippen molar-refractivity contribution in [2.45, 2.75) is 13.8 Å². The van der Waals surface area contributed by atoms with Crippen LogP contribution in [0, 0.1) is 0 Å². The number of pyridine rings is 1. The summed E-state index contributed by atoms with van der Waals surface area (Å²) in [6.07, 6.45) is 5.48. The lowest BCUT2D eigenvalue weighted by Crippen LogP contribution is -2.39. The van der Waals surface area contributed by atoms with Crippen LogP contribution in [0.25, 0.3) is 5.69 Å². The van der Waals surface area contributed by atoms with Crippen LogP contribution in [0.3, 0.4) is 0 Å². The predicted octanol–water partition coefficient (Wildman–Crippen LogP) is 3.10. The van der Waals surface area contributed by atoms with Gasteiger partial charge in [0.15, 0.2) is 5.82 Å². The zero-order chi connectivity index (χ0) is 17.6. The largest absolute Gasteiger partial charge is 0.354 e. The molecule has 130 valence electrons. The van der Waals surface area contributed by atoms with Crippen molar-refractivity contribution in [3.63, 3.8) is 0 Å². The number of nitrogens with zero attached hydrogens (tertiary/aromatic N) is 6. The summed E-state index contributed by atoms with van der Waals surface area (Å²) in [5, 5.41) is 16.0. The molecule has 3 aromatic rings. The fourth-order valence-electron chi connectivity index (χ4n) is 2.62. The number of hydrogen-bond acceptors (Lipinski definition) is 6. The maximum absolute atomic E-state index is 4.27. The van der Waals surface area contributed by atoms with E-state index in [1.165, 1.54) is 0 Å². The number of nitrogens with one attached hydrogen (secondary N) is 1. The van der Waals surface area contributed by atoms with Crippen LogP contribution in [0.4, 0.5) is 17.2 Å². The average Bonchev–Trinajstić information content (AvgIpc) is 3.14. The Bertz CT molecular complexity index is 779. The first-order chi connectivity index (χ1) is 12.2. The average molecular weight is 337 g/mol. The van der Waals surface area contributed by atoms with E-state index in [9.17, 15) is 0 Å². The number of anilines is 3. The van der Waals surface area contributed by atoms with Gasteiger partial charge in [0.25, 0.3) is 0 Å². The van der Waals surface area contributed by atoms with Crippen molar-refractivity contribution in [1.29, 1.82) is 0 Å². The molecule has 7 heteroatoms. The minimum atomic E-state index is 0.821. The fourth-order valence-corrected chi connectivity index (χ4v) is 2.62. The first-order valence-electron chi connectivity index (χ1n) is 8.39. The highest BCUT2D eigenvalue weighted by Crippen LogP contribution is 2.19. The zero-order valence-corrected chi connectivity index (χ0v) is 14.8. The van der Waals surface area contributed by atoms with E-state index in [0.29, 0.717) is 0 Å². The van der Waals surface area contributed by atoms with Gasteiger partial charge in [-0.25, -0.2) is 9.69 Å². The van der Waals surface area contributed by atoms with E-state index in [-0.39, 0.29) is 0 Å². The summed E-state index contributed by atoms with van der Waals surface area (Å²) < 4.78 is 1.78. The van der Waals surface area contributed by atoms with E-state index in [4.69, 9.17) is 0 Å². The molecule has 0 saturated heterocycles. The van der Waals surface area contributed by atoms with Crippen molar-refractivity contribution in [2.24, 2.45) is 0 Å². The molecular weight excluding hydrogens is 314 g/mol. The monoisotopic (exact) mass is 337 g/mol. The van der Waals surface area contributed by atoms with Gasteiger partial charge in [-0.3, -0.25) is 9.99 Å². The minimum Gasteiger partial charge on any atom is -0.354 e. The van der Waals surface area contributed by atoms with Gasteiger partial charge in [-0.2, -0.15) is 0 Å². The van der Waals surface area contributed by atoms with Crippen molar-refractivity contribution in [3.8, 4) is 5.69 Å². The fraction of sp³-hybridized carbons (Fsp3) is 0.278. The van der Waals surface area contributed by atoms with Crippen LogP contribution in [0.1, 0.15) is 13.8 Å². The third kappa shape index (κ3) is 3.95. The molecule has 1 N–H and O–H groups in total. The smallest absolute Gasteiger partial charge is 0.185 e. The van der Waals surface area contributed by atoms with Crippen molar-refractivity contribution < 1.29 is 0 Å². The Morgan fingerprint density at radius 3 is 2.44 bits per heavy atom. The van der Waals surface area contributed by atoms with E-state index < -0.39 is 0 Å². The first-order valence-corrected chi connectivity index (χ1v) is 8.39. The molecule has 0 aliphatic rings. The van der Waals surface area contributed by atoms with E-state index in [1.54, 1.807) is 17.1 Å². The quantitative estimate of drug-likeness (QED) is 0.669. The summed E-state index contributed by atoms with van der Waals surface area (Å²) in [5.41, 5.74) is 2.92. The van der Waals surface area contributed by atoms with Gasteiger partial charge in [-0.1, -0.05) is 19.1 Å². The summed E-state index contributed by atoms with van der Waals surface area (Å²) in [6, 6.07) is 11.9. The van der Waals surface area contributed by atoms with Gasteiger partial charge < -0.3 is 5.32 Å². The number of hydrazine groups is 1. The van der Waals surface area contributed by atoms with E-state index in [2.05, 4.69) is 39.5 Å². The minimum absolute atomic E-state index is 0.821. The Labute approximate surface area is 147 Å². The number of aromatic nitrogens is 4. The summed E-state index contributed by atoms with van der Waals surface area (Å²) in [4.78, 5) is 4.10. The Balaban J connectivity index is 1.72. The summed E-state index contributed by atoms with van der Waals surface area (Å²) in [6.45, 7) is 6.10. The van der Waals surface area contributed by atoms with Crippen LogP contribution < -0.4 is 10.3 Å². The summed E-state index contributed by atoms with van der Waals surface area (Å²) in [7, 11) is 2.00. The maximum atomic E-state index is 4.27. The number of hydrogen-bond donors (Lipinski definition) is 1. The Morgan fingerprint density at radius 2 is 1.80 bits per heavy atom. The lowest BCUT2D eigenvalue weighted by Gasteiger charge is -2.29. The van der Waals surface area contributed by atoms with E-state index in [0.717, 1.165) is 36.0 Å². The molecule has 0 spiro atoms. The van der Waals surface area contributed by atoms with Gasteiger partial charge in [0.2, 0.25) is 0 Å². The van der Waals surface area contributed by atoms with Crippen LogP contribution in [0.2, 0.25) is 0 Å². The lowest BCUT2D eigenvalue weighted by atomic mass is 10.2. The first kappa shape index (κ1) is 16.9. The molecular formula is C18H23N7. The zero-order valence-electron chi connectivity index (χ0n) is 14.8. The molecule has 7 nitrogen and oxygen atoms in total. The maximum Gasteiger partial charge on any atom is 0.185 e. The molecule has 1 aromatic carbocycles. The van der Waals surface area contributed by atoms with Gasteiger partial charge >= 0.3 is 0 Å². The van der Waals surface area contributed by atoms with Crippen LogP contribution in [0.5, 0.6) is 0 Å². The van der Waals surface area contributed by atoms with Crippen molar-refractivity contribution in [3.05, 3.63) is 55.0 Å². The second-order valence-corrected chi connectivity index (χ2v) is 5.60. The molecule has 0 radical (unpaired) electrons. The SMILES string of the molecule is CCN(CC)N(C)c1cn(-c2ccc(Nc3cccnc3)cc2)nn1. The van der Waals surface area contributed by atoms with E-state index in [1.807, 2.05) is 54.7 Å². The van der Waals surface area contributed by atoms with E-state index >= 15 is 0 Å². The Kier molecular flexibility index (Phi) is 5.25. The molecule has 0 aliphatic heterocycles. The second-order valence-electron chi connectivity index (χ2n) is 5.60. The molecule has 3 rings (SSSR count). The van der Waals surface area contributed by atoms with Gasteiger partial charge in [-0.15, -0.1) is 5.10 Å². The molecule has 0 atom stereocenters. The molecule has 0 fully saturated rings. The molecule has 25 heavy (non-hydrogen) atoms. The van der Waals surface area contributed by atoms with Crippen molar-refractivity contribution in [2.75, 3.05) is 30.5 Å². The Morgan fingerprint density at radius 1 is 1.04 bits per heavy atom. The molecule has 0 bridgehead atoms. The molecule has 0 aliphatic carbocycles. The summed E-state index contributed by atoms with van der Waals surface area (Å²) in [5.74, 6) is 0.821. The van der Waals surface area contributed by atoms with Gasteiger partial charge in [0.1, 0.15) is 0 Å². The third-order valence-electron chi connectivity index (χ3n) is 4.05. The third-order valence-corrected chi connectivity index (χ3v) is 4.05. The van der Waals surface area contributed by atoms with Crippen molar-refractivity contribution in [1.82, 2.24) is 25.0 Å². The van der Waals surface area contributed by atoms with Gasteiger partial charge in [0, 0.05) is 32.0 Å². The van der Waals surface area contributed by atoms with Crippen LogP contribution in [-0.2, 0) is 0 Å². The highest BCUT2D eigenvalue weighted by molar-refractivity contribution is 5.59. The van der Waals surface area contributed by atoms with Crippen LogP contribution in [0.15, 0.2) is 55.0 Å². The molecule has 2 heterocycles. The highest BCUT2D eigenvalue weighted by Gasteiger charge is 2.12. The van der Waals surface area contributed by atoms with Gasteiger partial charge in [0.05, 0.1) is 23.8 Å². The lowest BCUT2D eigenvalue weighted by molar-refractivity contribution is 0.291.